The van der Waals surface area contributed by atoms with Crippen LogP contribution in [0.15, 0.2) is 71.3 Å². The number of hydrazine groups is 1. The highest BCUT2D eigenvalue weighted by atomic mass is 16.5. The number of anilines is 2. The number of carboxylic acids is 1. The van der Waals surface area contributed by atoms with Crippen LogP contribution in [0.3, 0.4) is 0 Å². The van der Waals surface area contributed by atoms with Gasteiger partial charge in [-0.25, -0.2) is 9.99 Å². The third-order valence-electron chi connectivity index (χ3n) is 7.18. The van der Waals surface area contributed by atoms with Crippen LogP contribution in [-0.2, 0) is 10.2 Å². The zero-order valence-corrected chi connectivity index (χ0v) is 22.4. The number of carbonyl (C=O) groups is 2. The largest absolute Gasteiger partial charge is 0.481 e. The second-order valence-corrected chi connectivity index (χ2v) is 9.92. The van der Waals surface area contributed by atoms with Crippen LogP contribution in [0, 0.1) is 6.92 Å². The second-order valence-electron chi connectivity index (χ2n) is 9.92. The van der Waals surface area contributed by atoms with Gasteiger partial charge >= 0.3 is 5.97 Å². The van der Waals surface area contributed by atoms with Crippen molar-refractivity contribution in [2.24, 2.45) is 0 Å². The molecular weight excluding hydrogens is 494 g/mol. The molecule has 2 heterocycles. The molecule has 5 rings (SSSR count). The maximum Gasteiger partial charge on any atom is 0.314 e. The fraction of sp³-hybridized carbons (Fsp3) is 0.267. The number of nitrogens with one attached hydrogen (secondary N) is 1. The molecule has 0 aliphatic heterocycles. The maximum absolute atomic E-state index is 12.9. The van der Waals surface area contributed by atoms with E-state index >= 15 is 0 Å². The summed E-state index contributed by atoms with van der Waals surface area (Å²) in [6.45, 7) is 4.29. The molecule has 0 bridgehead atoms. The van der Waals surface area contributed by atoms with Crippen LogP contribution >= 0.6 is 0 Å². The topological polar surface area (TPSA) is 112 Å². The standard InChI is InChI=1S/C30H31N5O4/c1-5-35(34(3)4)28(36)24-7-6-8-25(31-24)32-26-19(2)33-39-27(26)22-11-9-20(10-12-22)21-13-15-23(16-14-21)30(17-18-30)29(37)38/h6-16H,5,17-18H2,1-4H3,(H,31,32)(H,37,38). The molecule has 0 radical (unpaired) electrons. The van der Waals surface area contributed by atoms with E-state index in [-0.39, 0.29) is 5.91 Å². The molecule has 0 spiro atoms. The van der Waals surface area contributed by atoms with E-state index in [1.165, 1.54) is 0 Å². The molecule has 1 saturated carbocycles. The fourth-order valence-electron chi connectivity index (χ4n) is 4.75. The molecule has 0 atom stereocenters. The molecule has 200 valence electrons. The van der Waals surface area contributed by atoms with Gasteiger partial charge in [-0.3, -0.25) is 14.6 Å². The second kappa shape index (κ2) is 10.3. The quantitative estimate of drug-likeness (QED) is 0.275. The first-order valence-electron chi connectivity index (χ1n) is 12.9. The smallest absolute Gasteiger partial charge is 0.314 e. The van der Waals surface area contributed by atoms with Gasteiger partial charge in [-0.05, 0) is 55.5 Å². The van der Waals surface area contributed by atoms with Gasteiger partial charge in [0.15, 0.2) is 5.76 Å². The van der Waals surface area contributed by atoms with E-state index in [0.29, 0.717) is 48.0 Å². The molecule has 2 N–H and O–H groups in total. The van der Waals surface area contributed by atoms with Crippen molar-refractivity contribution >= 4 is 23.4 Å². The van der Waals surface area contributed by atoms with Crippen molar-refractivity contribution in [3.05, 3.63) is 83.7 Å². The number of hydrogen-bond donors (Lipinski definition) is 2. The summed E-state index contributed by atoms with van der Waals surface area (Å²) >= 11 is 0. The Balaban J connectivity index is 1.36. The van der Waals surface area contributed by atoms with E-state index in [1.54, 1.807) is 28.2 Å². The van der Waals surface area contributed by atoms with Gasteiger partial charge in [-0.15, -0.1) is 0 Å². The first kappa shape index (κ1) is 26.1. The number of pyridine rings is 1. The summed E-state index contributed by atoms with van der Waals surface area (Å²) in [4.78, 5) is 29.1. The van der Waals surface area contributed by atoms with Crippen LogP contribution < -0.4 is 5.32 Å². The van der Waals surface area contributed by atoms with Gasteiger partial charge < -0.3 is 14.9 Å². The number of aliphatic carboxylic acids is 1. The Hall–Kier alpha value is -4.50. The molecule has 1 fully saturated rings. The lowest BCUT2D eigenvalue weighted by molar-refractivity contribution is -0.140. The van der Waals surface area contributed by atoms with Gasteiger partial charge in [0, 0.05) is 26.2 Å². The minimum atomic E-state index is -0.753. The van der Waals surface area contributed by atoms with Gasteiger partial charge in [0.25, 0.3) is 5.91 Å². The zero-order chi connectivity index (χ0) is 27.7. The Bertz CT molecular complexity index is 1510. The third kappa shape index (κ3) is 5.00. The van der Waals surface area contributed by atoms with E-state index in [4.69, 9.17) is 4.52 Å². The summed E-state index contributed by atoms with van der Waals surface area (Å²) in [7, 11) is 3.64. The maximum atomic E-state index is 12.9. The number of nitrogens with zero attached hydrogens (tertiary/aromatic N) is 4. The number of aromatic nitrogens is 2. The molecule has 1 aliphatic rings. The number of amides is 1. The summed E-state index contributed by atoms with van der Waals surface area (Å²) in [6, 6.07) is 20.9. The number of rotatable bonds is 9. The average Bonchev–Trinajstić information content (AvgIpc) is 3.68. The van der Waals surface area contributed by atoms with Gasteiger partial charge in [0.05, 0.1) is 5.41 Å². The van der Waals surface area contributed by atoms with Gasteiger partial charge in [0.1, 0.15) is 22.9 Å². The van der Waals surface area contributed by atoms with E-state index in [2.05, 4.69) is 15.5 Å². The lowest BCUT2D eigenvalue weighted by Gasteiger charge is -2.27. The van der Waals surface area contributed by atoms with Crippen LogP contribution in [0.4, 0.5) is 11.5 Å². The highest BCUT2D eigenvalue weighted by Crippen LogP contribution is 2.48. The molecule has 9 heteroatoms. The van der Waals surface area contributed by atoms with Crippen molar-refractivity contribution in [3.8, 4) is 22.5 Å². The normalized spacial score (nSPS) is 13.8. The van der Waals surface area contributed by atoms with Crippen LogP contribution in [0.1, 0.15) is 41.5 Å². The molecular formula is C30H31N5O4. The molecule has 9 nitrogen and oxygen atoms in total. The highest BCUT2D eigenvalue weighted by Gasteiger charge is 2.51. The van der Waals surface area contributed by atoms with Crippen molar-refractivity contribution in [3.63, 3.8) is 0 Å². The van der Waals surface area contributed by atoms with Crippen molar-refractivity contribution in [2.45, 2.75) is 32.1 Å². The molecule has 0 unspecified atom stereocenters. The van der Waals surface area contributed by atoms with E-state index < -0.39 is 11.4 Å². The number of carbonyl (C=O) groups excluding carboxylic acids is 1. The van der Waals surface area contributed by atoms with Crippen molar-refractivity contribution in [2.75, 3.05) is 26.0 Å². The summed E-state index contributed by atoms with van der Waals surface area (Å²) in [6.07, 6.45) is 1.37. The Morgan fingerprint density at radius 3 is 2.15 bits per heavy atom. The van der Waals surface area contributed by atoms with Crippen LogP contribution in [0.2, 0.25) is 0 Å². The van der Waals surface area contributed by atoms with Gasteiger partial charge in [-0.1, -0.05) is 59.8 Å². The Morgan fingerprint density at radius 2 is 1.59 bits per heavy atom. The highest BCUT2D eigenvalue weighted by molar-refractivity contribution is 5.92. The minimum absolute atomic E-state index is 0.188. The fourth-order valence-corrected chi connectivity index (χ4v) is 4.75. The predicted octanol–water partition coefficient (Wildman–Crippen LogP) is 5.51. The predicted molar refractivity (Wildman–Crippen MR) is 149 cm³/mol. The van der Waals surface area contributed by atoms with Crippen LogP contribution in [-0.4, -0.2) is 57.8 Å². The molecule has 2 aromatic carbocycles. The molecule has 1 aliphatic carbocycles. The Morgan fingerprint density at radius 1 is 0.974 bits per heavy atom. The average molecular weight is 526 g/mol. The summed E-state index contributed by atoms with van der Waals surface area (Å²) in [5.74, 6) is 0.131. The van der Waals surface area contributed by atoms with Crippen LogP contribution in [0.5, 0.6) is 0 Å². The molecule has 39 heavy (non-hydrogen) atoms. The molecule has 0 saturated heterocycles. The summed E-state index contributed by atoms with van der Waals surface area (Å²) in [5, 5.41) is 20.3. The van der Waals surface area contributed by atoms with E-state index in [1.807, 2.05) is 76.5 Å². The van der Waals surface area contributed by atoms with Gasteiger partial charge in [0.2, 0.25) is 0 Å². The Kier molecular flexibility index (Phi) is 6.93. The first-order valence-corrected chi connectivity index (χ1v) is 12.9. The van der Waals surface area contributed by atoms with Crippen molar-refractivity contribution < 1.29 is 19.2 Å². The summed E-state index contributed by atoms with van der Waals surface area (Å²) < 4.78 is 5.67. The van der Waals surface area contributed by atoms with E-state index in [9.17, 15) is 14.7 Å². The number of hydrogen-bond acceptors (Lipinski definition) is 7. The molecule has 1 amide bonds. The van der Waals surface area contributed by atoms with Gasteiger partial charge in [-0.2, -0.15) is 0 Å². The monoisotopic (exact) mass is 525 g/mol. The number of carboxylic acid groups (broad SMARTS) is 1. The van der Waals surface area contributed by atoms with E-state index in [0.717, 1.165) is 22.3 Å². The molecule has 4 aromatic rings. The zero-order valence-electron chi connectivity index (χ0n) is 22.4. The van der Waals surface area contributed by atoms with Crippen molar-refractivity contribution in [1.29, 1.82) is 0 Å². The summed E-state index contributed by atoms with van der Waals surface area (Å²) in [5.41, 5.74) is 4.65. The minimum Gasteiger partial charge on any atom is -0.481 e. The third-order valence-corrected chi connectivity index (χ3v) is 7.18. The van der Waals surface area contributed by atoms with Crippen LogP contribution in [0.25, 0.3) is 22.5 Å². The number of benzene rings is 2. The number of aryl methyl sites for hydroxylation is 1. The lowest BCUT2D eigenvalue weighted by atomic mass is 9.93. The lowest BCUT2D eigenvalue weighted by Crippen LogP contribution is -2.42. The van der Waals surface area contributed by atoms with Crippen molar-refractivity contribution in [1.82, 2.24) is 20.2 Å². The SMILES string of the molecule is CCN(C(=O)c1cccc(Nc2c(C)noc2-c2ccc(-c3ccc(C4(C(=O)O)CC4)cc3)cc2)n1)N(C)C. The molecule has 2 aromatic heterocycles. The first-order chi connectivity index (χ1) is 18.7. The Labute approximate surface area is 227 Å².